The van der Waals surface area contributed by atoms with Crippen LogP contribution in [0.2, 0.25) is 0 Å². The average Bonchev–Trinajstić information content (AvgIpc) is 2.84. The minimum Gasteiger partial charge on any atom is -0.310 e. The number of amides is 1. The van der Waals surface area contributed by atoms with Crippen LogP contribution < -0.4 is 5.32 Å². The van der Waals surface area contributed by atoms with Crippen molar-refractivity contribution < 1.29 is 4.79 Å². The molecule has 20 heavy (non-hydrogen) atoms. The van der Waals surface area contributed by atoms with Crippen molar-refractivity contribution >= 4 is 27.7 Å². The highest BCUT2D eigenvalue weighted by atomic mass is 79.9. The summed E-state index contributed by atoms with van der Waals surface area (Å²) in [6, 6.07) is 5.72. The molecule has 0 aromatic carbocycles. The molecular weight excluding hydrogens is 318 g/mol. The normalized spacial score (nSPS) is 16.8. The molecular formula is C15H14BrN3O. The lowest BCUT2D eigenvalue weighted by Crippen LogP contribution is -2.23. The fourth-order valence-corrected chi connectivity index (χ4v) is 2.72. The Hall–Kier alpha value is -1.75. The fourth-order valence-electron chi connectivity index (χ4n) is 2.49. The molecule has 1 aliphatic carbocycles. The second-order valence-electron chi connectivity index (χ2n) is 5.05. The van der Waals surface area contributed by atoms with Crippen LogP contribution in [0.25, 0.3) is 0 Å². The molecule has 4 nitrogen and oxygen atoms in total. The second kappa shape index (κ2) is 5.32. The Bertz CT molecular complexity index is 655. The van der Waals surface area contributed by atoms with Crippen LogP contribution in [0.3, 0.4) is 0 Å². The zero-order valence-corrected chi connectivity index (χ0v) is 12.6. The zero-order chi connectivity index (χ0) is 14.1. The zero-order valence-electron chi connectivity index (χ0n) is 11.1. The predicted octanol–water partition coefficient (Wildman–Crippen LogP) is 2.90. The molecule has 0 saturated carbocycles. The maximum absolute atomic E-state index is 12.3. The molecule has 2 aromatic heterocycles. The molecule has 0 saturated heterocycles. The molecule has 5 heteroatoms. The molecule has 0 bridgehead atoms. The van der Waals surface area contributed by atoms with Gasteiger partial charge in [-0.2, -0.15) is 0 Å². The van der Waals surface area contributed by atoms with Gasteiger partial charge in [0.2, 0.25) is 5.91 Å². The molecule has 1 unspecified atom stereocenters. The van der Waals surface area contributed by atoms with Gasteiger partial charge in [-0.25, -0.2) is 4.98 Å². The molecule has 0 aliphatic heterocycles. The number of pyridine rings is 2. The molecule has 1 N–H and O–H groups in total. The number of carbonyl (C=O) groups is 1. The highest BCUT2D eigenvalue weighted by Gasteiger charge is 2.27. The minimum atomic E-state index is -0.0287. The van der Waals surface area contributed by atoms with Crippen LogP contribution in [0, 0.1) is 12.8 Å². The van der Waals surface area contributed by atoms with E-state index in [1.165, 1.54) is 11.1 Å². The molecule has 3 rings (SSSR count). The summed E-state index contributed by atoms with van der Waals surface area (Å²) in [5.41, 5.74) is 3.42. The van der Waals surface area contributed by atoms with E-state index in [1.807, 2.05) is 19.2 Å². The number of aryl methyl sites for hydroxylation is 1. The van der Waals surface area contributed by atoms with Gasteiger partial charge in [0, 0.05) is 28.5 Å². The van der Waals surface area contributed by atoms with E-state index in [1.54, 1.807) is 12.3 Å². The first-order chi connectivity index (χ1) is 9.61. The SMILES string of the molecule is Cc1cc2c(cn1)CC(C(=O)Nc1ccc(Br)cn1)C2. The first-order valence-electron chi connectivity index (χ1n) is 6.48. The van der Waals surface area contributed by atoms with E-state index in [9.17, 15) is 4.79 Å². The maximum Gasteiger partial charge on any atom is 0.229 e. The summed E-state index contributed by atoms with van der Waals surface area (Å²) in [6.45, 7) is 1.97. The number of hydrogen-bond donors (Lipinski definition) is 1. The van der Waals surface area contributed by atoms with Crippen LogP contribution in [0.5, 0.6) is 0 Å². The summed E-state index contributed by atoms with van der Waals surface area (Å²) < 4.78 is 0.894. The van der Waals surface area contributed by atoms with Gasteiger partial charge in [0.05, 0.1) is 0 Å². The first-order valence-corrected chi connectivity index (χ1v) is 7.28. The van der Waals surface area contributed by atoms with E-state index in [4.69, 9.17) is 0 Å². The number of rotatable bonds is 2. The number of halogens is 1. The quantitative estimate of drug-likeness (QED) is 0.920. The van der Waals surface area contributed by atoms with E-state index >= 15 is 0 Å². The van der Waals surface area contributed by atoms with Crippen LogP contribution in [0.4, 0.5) is 5.82 Å². The molecule has 2 aromatic rings. The number of anilines is 1. The van der Waals surface area contributed by atoms with Crippen molar-refractivity contribution in [1.29, 1.82) is 0 Å². The highest BCUT2D eigenvalue weighted by molar-refractivity contribution is 9.10. The Morgan fingerprint density at radius 3 is 2.80 bits per heavy atom. The number of fused-ring (bicyclic) bond motifs is 1. The maximum atomic E-state index is 12.3. The number of aromatic nitrogens is 2. The number of carbonyl (C=O) groups excluding carboxylic acids is 1. The van der Waals surface area contributed by atoms with Crippen LogP contribution in [0.1, 0.15) is 16.8 Å². The van der Waals surface area contributed by atoms with E-state index in [2.05, 4.69) is 37.3 Å². The van der Waals surface area contributed by atoms with Crippen molar-refractivity contribution in [1.82, 2.24) is 9.97 Å². The molecule has 0 fully saturated rings. The summed E-state index contributed by atoms with van der Waals surface area (Å²) in [7, 11) is 0. The molecule has 102 valence electrons. The Balaban J connectivity index is 1.69. The highest BCUT2D eigenvalue weighted by Crippen LogP contribution is 2.27. The summed E-state index contributed by atoms with van der Waals surface area (Å²) >= 11 is 3.32. The fraction of sp³-hybridized carbons (Fsp3) is 0.267. The summed E-state index contributed by atoms with van der Waals surface area (Å²) in [5.74, 6) is 0.580. The minimum absolute atomic E-state index is 0.0219. The third kappa shape index (κ3) is 2.72. The summed E-state index contributed by atoms with van der Waals surface area (Å²) in [4.78, 5) is 20.7. The number of nitrogens with one attached hydrogen (secondary N) is 1. The topological polar surface area (TPSA) is 54.9 Å². The molecule has 1 aliphatic rings. The molecule has 2 heterocycles. The second-order valence-corrected chi connectivity index (χ2v) is 5.97. The van der Waals surface area contributed by atoms with Crippen molar-refractivity contribution in [3.8, 4) is 0 Å². The molecule has 0 spiro atoms. The van der Waals surface area contributed by atoms with Crippen molar-refractivity contribution in [2.24, 2.45) is 5.92 Å². The third-order valence-corrected chi connectivity index (χ3v) is 3.97. The van der Waals surface area contributed by atoms with Crippen LogP contribution in [-0.2, 0) is 17.6 Å². The van der Waals surface area contributed by atoms with Crippen molar-refractivity contribution in [2.75, 3.05) is 5.32 Å². The first kappa shape index (κ1) is 13.2. The predicted molar refractivity (Wildman–Crippen MR) is 80.4 cm³/mol. The lowest BCUT2D eigenvalue weighted by atomic mass is 10.1. The molecule has 1 amide bonds. The average molecular weight is 332 g/mol. The Morgan fingerprint density at radius 1 is 1.25 bits per heavy atom. The smallest absolute Gasteiger partial charge is 0.229 e. The van der Waals surface area contributed by atoms with E-state index in [0.29, 0.717) is 5.82 Å². The Kier molecular flexibility index (Phi) is 3.53. The van der Waals surface area contributed by atoms with Gasteiger partial charge in [-0.3, -0.25) is 9.78 Å². The van der Waals surface area contributed by atoms with E-state index in [0.717, 1.165) is 23.0 Å². The van der Waals surface area contributed by atoms with Crippen molar-refractivity contribution in [3.63, 3.8) is 0 Å². The van der Waals surface area contributed by atoms with Crippen LogP contribution in [0.15, 0.2) is 35.1 Å². The van der Waals surface area contributed by atoms with Gasteiger partial charge in [0.1, 0.15) is 5.82 Å². The largest absolute Gasteiger partial charge is 0.310 e. The van der Waals surface area contributed by atoms with Gasteiger partial charge >= 0.3 is 0 Å². The molecule has 1 atom stereocenters. The van der Waals surface area contributed by atoms with Gasteiger partial charge in [-0.15, -0.1) is 0 Å². The van der Waals surface area contributed by atoms with E-state index < -0.39 is 0 Å². The number of nitrogens with zero attached hydrogens (tertiary/aromatic N) is 2. The summed E-state index contributed by atoms with van der Waals surface area (Å²) in [6.07, 6.45) is 5.09. The standard InChI is InChI=1S/C15H14BrN3O/c1-9-4-10-5-11(6-12(10)7-17-9)15(20)19-14-3-2-13(16)8-18-14/h2-4,7-8,11H,5-6H2,1H3,(H,18,19,20). The van der Waals surface area contributed by atoms with Gasteiger partial charge < -0.3 is 5.32 Å². The Labute approximate surface area is 125 Å². The lowest BCUT2D eigenvalue weighted by Gasteiger charge is -2.09. The lowest BCUT2D eigenvalue weighted by molar-refractivity contribution is -0.119. The van der Waals surface area contributed by atoms with Gasteiger partial charge in [0.15, 0.2) is 0 Å². The number of hydrogen-bond acceptors (Lipinski definition) is 3. The van der Waals surface area contributed by atoms with Crippen LogP contribution in [-0.4, -0.2) is 15.9 Å². The van der Waals surface area contributed by atoms with Gasteiger partial charge in [-0.05, 0) is 65.0 Å². The molecule has 0 radical (unpaired) electrons. The Morgan fingerprint density at radius 2 is 2.05 bits per heavy atom. The van der Waals surface area contributed by atoms with Crippen molar-refractivity contribution in [3.05, 3.63) is 51.9 Å². The van der Waals surface area contributed by atoms with Gasteiger partial charge in [0.25, 0.3) is 0 Å². The summed E-state index contributed by atoms with van der Waals surface area (Å²) in [5, 5.41) is 2.87. The monoisotopic (exact) mass is 331 g/mol. The van der Waals surface area contributed by atoms with Crippen molar-refractivity contribution in [2.45, 2.75) is 19.8 Å². The third-order valence-electron chi connectivity index (χ3n) is 3.50. The van der Waals surface area contributed by atoms with E-state index in [-0.39, 0.29) is 11.8 Å². The van der Waals surface area contributed by atoms with Gasteiger partial charge in [-0.1, -0.05) is 0 Å². The van der Waals surface area contributed by atoms with Crippen LogP contribution >= 0.6 is 15.9 Å².